The molecule has 1 heterocycles. The molecule has 0 radical (unpaired) electrons. The molecule has 2 atom stereocenters. The fourth-order valence-corrected chi connectivity index (χ4v) is 2.95. The maximum Gasteiger partial charge on any atom is 0.322 e. The Hall–Kier alpha value is -1.59. The Kier molecular flexibility index (Phi) is 6.21. The number of likely N-dealkylation sites (tertiary alicyclic amines) is 1. The maximum atomic E-state index is 12.6. The van der Waals surface area contributed by atoms with E-state index in [-0.39, 0.29) is 18.7 Å². The molecule has 122 valence electrons. The first-order valence-electron chi connectivity index (χ1n) is 8.01. The van der Waals surface area contributed by atoms with Gasteiger partial charge in [-0.25, -0.2) is 4.79 Å². The third-order valence-electron chi connectivity index (χ3n) is 4.28. The molecule has 0 saturated carbocycles. The number of hydrogen-bond donors (Lipinski definition) is 2. The number of benzene rings is 1. The minimum Gasteiger partial charge on any atom is -0.394 e. The van der Waals surface area contributed by atoms with Crippen molar-refractivity contribution in [2.45, 2.75) is 39.3 Å². The molecular formula is C17H26N2O3. The predicted octanol–water partition coefficient (Wildman–Crippen LogP) is 2.85. The number of anilines is 1. The van der Waals surface area contributed by atoms with Crippen LogP contribution in [-0.4, -0.2) is 41.8 Å². The van der Waals surface area contributed by atoms with Gasteiger partial charge in [-0.3, -0.25) is 0 Å². The van der Waals surface area contributed by atoms with Crippen LogP contribution in [0.2, 0.25) is 0 Å². The van der Waals surface area contributed by atoms with Crippen molar-refractivity contribution in [3.8, 4) is 0 Å². The van der Waals surface area contributed by atoms with E-state index >= 15 is 0 Å². The molecule has 0 bridgehead atoms. The van der Waals surface area contributed by atoms with Crippen LogP contribution in [0.1, 0.15) is 32.3 Å². The van der Waals surface area contributed by atoms with Gasteiger partial charge in [0.15, 0.2) is 0 Å². The lowest BCUT2D eigenvalue weighted by atomic mass is 9.91. The second-order valence-electron chi connectivity index (χ2n) is 5.79. The number of rotatable bonds is 5. The van der Waals surface area contributed by atoms with Crippen LogP contribution < -0.4 is 5.32 Å². The summed E-state index contributed by atoms with van der Waals surface area (Å²) in [7, 11) is 0. The molecule has 1 aromatic rings. The van der Waals surface area contributed by atoms with Crippen LogP contribution in [0.3, 0.4) is 0 Å². The summed E-state index contributed by atoms with van der Waals surface area (Å²) in [5.41, 5.74) is 1.74. The van der Waals surface area contributed by atoms with Gasteiger partial charge < -0.3 is 20.1 Å². The molecule has 5 heteroatoms. The third kappa shape index (κ3) is 3.99. The van der Waals surface area contributed by atoms with Gasteiger partial charge in [0.1, 0.15) is 0 Å². The third-order valence-corrected chi connectivity index (χ3v) is 4.28. The molecule has 2 unspecified atom stereocenters. The Morgan fingerprint density at radius 2 is 2.23 bits per heavy atom. The molecule has 1 saturated heterocycles. The Balaban J connectivity index is 2.08. The molecule has 1 aliphatic heterocycles. The van der Waals surface area contributed by atoms with E-state index in [0.29, 0.717) is 25.7 Å². The van der Waals surface area contributed by atoms with Crippen LogP contribution in [0.25, 0.3) is 0 Å². The van der Waals surface area contributed by atoms with E-state index in [1.54, 1.807) is 4.90 Å². The van der Waals surface area contributed by atoms with Gasteiger partial charge in [0, 0.05) is 24.4 Å². The number of urea groups is 1. The normalized spacial score (nSPS) is 21.7. The lowest BCUT2D eigenvalue weighted by Crippen LogP contribution is -2.51. The van der Waals surface area contributed by atoms with Crippen molar-refractivity contribution in [2.75, 3.05) is 25.1 Å². The Bertz CT molecular complexity index is 493. The molecule has 0 aromatic heterocycles. The summed E-state index contributed by atoms with van der Waals surface area (Å²) in [6.45, 7) is 5.85. The molecule has 1 aromatic carbocycles. The highest BCUT2D eigenvalue weighted by Crippen LogP contribution is 2.24. The summed E-state index contributed by atoms with van der Waals surface area (Å²) in [6.07, 6.45) is 2.03. The standard InChI is InChI=1S/C17H26N2O3/c1-3-22-12-14-8-4-5-9-15(14)18-17(21)19-10-6-7-13(2)16(19)11-20/h4-5,8-9,13,16,20H,3,6-7,10-12H2,1-2H3,(H,18,21). The second kappa shape index (κ2) is 8.15. The maximum absolute atomic E-state index is 12.6. The molecule has 5 nitrogen and oxygen atoms in total. The monoisotopic (exact) mass is 306 g/mol. The topological polar surface area (TPSA) is 61.8 Å². The minimum atomic E-state index is -0.144. The Morgan fingerprint density at radius 3 is 2.95 bits per heavy atom. The van der Waals surface area contributed by atoms with Gasteiger partial charge in [-0.15, -0.1) is 0 Å². The average Bonchev–Trinajstić information content (AvgIpc) is 2.53. The van der Waals surface area contributed by atoms with Crippen molar-refractivity contribution >= 4 is 11.7 Å². The summed E-state index contributed by atoms with van der Waals surface area (Å²) >= 11 is 0. The number of nitrogens with one attached hydrogen (secondary N) is 1. The number of carbonyl (C=O) groups is 1. The van der Waals surface area contributed by atoms with Gasteiger partial charge >= 0.3 is 6.03 Å². The Labute approximate surface area is 132 Å². The zero-order valence-corrected chi connectivity index (χ0v) is 13.4. The largest absolute Gasteiger partial charge is 0.394 e. The van der Waals surface area contributed by atoms with Gasteiger partial charge in [-0.05, 0) is 31.7 Å². The summed E-state index contributed by atoms with van der Waals surface area (Å²) < 4.78 is 5.44. The SMILES string of the molecule is CCOCc1ccccc1NC(=O)N1CCCC(C)C1CO. The number of amides is 2. The summed E-state index contributed by atoms with van der Waals surface area (Å²) in [6, 6.07) is 7.42. The molecule has 2 amide bonds. The van der Waals surface area contributed by atoms with Crippen molar-refractivity contribution in [1.29, 1.82) is 0 Å². The molecule has 0 spiro atoms. The first kappa shape index (κ1) is 16.8. The first-order chi connectivity index (χ1) is 10.7. The molecule has 0 aliphatic carbocycles. The van der Waals surface area contributed by atoms with Crippen molar-refractivity contribution in [3.05, 3.63) is 29.8 Å². The molecule has 2 N–H and O–H groups in total. The number of aliphatic hydroxyl groups is 1. The number of nitrogens with zero attached hydrogens (tertiary/aromatic N) is 1. The van der Waals surface area contributed by atoms with Crippen LogP contribution >= 0.6 is 0 Å². The van der Waals surface area contributed by atoms with E-state index in [0.717, 1.165) is 24.1 Å². The minimum absolute atomic E-state index is 0.00911. The lowest BCUT2D eigenvalue weighted by Gasteiger charge is -2.39. The lowest BCUT2D eigenvalue weighted by molar-refractivity contribution is 0.0811. The zero-order chi connectivity index (χ0) is 15.9. The van der Waals surface area contributed by atoms with Crippen molar-refractivity contribution < 1.29 is 14.6 Å². The van der Waals surface area contributed by atoms with Crippen molar-refractivity contribution in [2.24, 2.45) is 5.92 Å². The van der Waals surface area contributed by atoms with Gasteiger partial charge in [-0.2, -0.15) is 0 Å². The van der Waals surface area contributed by atoms with Crippen LogP contribution in [0.4, 0.5) is 10.5 Å². The smallest absolute Gasteiger partial charge is 0.322 e. The fourth-order valence-electron chi connectivity index (χ4n) is 2.95. The Morgan fingerprint density at radius 1 is 1.45 bits per heavy atom. The van der Waals surface area contributed by atoms with Crippen LogP contribution in [0.15, 0.2) is 24.3 Å². The van der Waals surface area contributed by atoms with Crippen molar-refractivity contribution in [1.82, 2.24) is 4.90 Å². The van der Waals surface area contributed by atoms with E-state index in [4.69, 9.17) is 4.74 Å². The van der Waals surface area contributed by atoms with E-state index < -0.39 is 0 Å². The molecule has 2 rings (SSSR count). The van der Waals surface area contributed by atoms with E-state index in [9.17, 15) is 9.90 Å². The van der Waals surface area contributed by atoms with Gasteiger partial charge in [0.2, 0.25) is 0 Å². The highest BCUT2D eigenvalue weighted by Gasteiger charge is 2.31. The predicted molar refractivity (Wildman–Crippen MR) is 86.8 cm³/mol. The number of hydrogen-bond acceptors (Lipinski definition) is 3. The second-order valence-corrected chi connectivity index (χ2v) is 5.79. The number of piperidine rings is 1. The van der Waals surface area contributed by atoms with E-state index in [1.165, 1.54) is 0 Å². The van der Waals surface area contributed by atoms with Crippen LogP contribution in [0, 0.1) is 5.92 Å². The first-order valence-corrected chi connectivity index (χ1v) is 8.01. The fraction of sp³-hybridized carbons (Fsp3) is 0.588. The molecule has 22 heavy (non-hydrogen) atoms. The molecule has 1 fully saturated rings. The van der Waals surface area contributed by atoms with Gasteiger partial charge in [0.25, 0.3) is 0 Å². The average molecular weight is 306 g/mol. The number of carbonyl (C=O) groups excluding carboxylic acids is 1. The zero-order valence-electron chi connectivity index (χ0n) is 13.4. The molecule has 1 aliphatic rings. The van der Waals surface area contributed by atoms with Gasteiger partial charge in [-0.1, -0.05) is 25.1 Å². The highest BCUT2D eigenvalue weighted by atomic mass is 16.5. The van der Waals surface area contributed by atoms with Crippen LogP contribution in [0.5, 0.6) is 0 Å². The highest BCUT2D eigenvalue weighted by molar-refractivity contribution is 5.90. The van der Waals surface area contributed by atoms with E-state index in [1.807, 2.05) is 31.2 Å². The number of para-hydroxylation sites is 1. The molecular weight excluding hydrogens is 280 g/mol. The summed E-state index contributed by atoms with van der Waals surface area (Å²) in [4.78, 5) is 14.3. The van der Waals surface area contributed by atoms with E-state index in [2.05, 4.69) is 12.2 Å². The van der Waals surface area contributed by atoms with Crippen molar-refractivity contribution in [3.63, 3.8) is 0 Å². The summed E-state index contributed by atoms with van der Waals surface area (Å²) in [5.74, 6) is 0.322. The summed E-state index contributed by atoms with van der Waals surface area (Å²) in [5, 5.41) is 12.5. The quantitative estimate of drug-likeness (QED) is 0.879. The number of aliphatic hydroxyl groups excluding tert-OH is 1. The van der Waals surface area contributed by atoms with Gasteiger partial charge in [0.05, 0.1) is 19.3 Å². The van der Waals surface area contributed by atoms with Crippen LogP contribution in [-0.2, 0) is 11.3 Å². The number of ether oxygens (including phenoxy) is 1.